The Balaban J connectivity index is 1.66. The van der Waals surface area contributed by atoms with Crippen LogP contribution in [0.3, 0.4) is 0 Å². The van der Waals surface area contributed by atoms with Crippen molar-refractivity contribution in [1.29, 1.82) is 5.26 Å². The van der Waals surface area contributed by atoms with Gasteiger partial charge in [-0.3, -0.25) is 14.9 Å². The van der Waals surface area contributed by atoms with Gasteiger partial charge in [0.25, 0.3) is 11.8 Å². The van der Waals surface area contributed by atoms with E-state index in [0.29, 0.717) is 27.9 Å². The molecule has 3 aromatic rings. The van der Waals surface area contributed by atoms with E-state index < -0.39 is 17.8 Å². The van der Waals surface area contributed by atoms with Crippen molar-refractivity contribution in [2.24, 2.45) is 0 Å². The summed E-state index contributed by atoms with van der Waals surface area (Å²) in [6.07, 6.45) is 1.33. The van der Waals surface area contributed by atoms with Gasteiger partial charge in [-0.1, -0.05) is 48.0 Å². The van der Waals surface area contributed by atoms with Crippen molar-refractivity contribution >= 4 is 41.2 Å². The lowest BCUT2D eigenvalue weighted by atomic mass is 10.1. The van der Waals surface area contributed by atoms with Crippen LogP contribution in [-0.4, -0.2) is 25.0 Å². The van der Waals surface area contributed by atoms with Crippen LogP contribution < -0.4 is 19.7 Å². The van der Waals surface area contributed by atoms with Crippen LogP contribution in [0.15, 0.2) is 66.2 Å². The minimum absolute atomic E-state index is 0.0780. The fourth-order valence-corrected chi connectivity index (χ4v) is 4.00. The maximum absolute atomic E-state index is 13.2. The zero-order chi connectivity index (χ0) is 25.8. The van der Waals surface area contributed by atoms with Crippen LogP contribution in [0.2, 0.25) is 5.02 Å². The lowest BCUT2D eigenvalue weighted by Crippen LogP contribution is -2.54. The third-order valence-electron chi connectivity index (χ3n) is 5.53. The van der Waals surface area contributed by atoms with Crippen molar-refractivity contribution in [3.8, 4) is 17.6 Å². The van der Waals surface area contributed by atoms with Crippen molar-refractivity contribution in [2.75, 3.05) is 12.0 Å². The number of hydrogen-bond acceptors (Lipinski definition) is 6. The number of methoxy groups -OCH3 is 1. The Hall–Kier alpha value is -4.61. The van der Waals surface area contributed by atoms with Gasteiger partial charge < -0.3 is 9.47 Å². The van der Waals surface area contributed by atoms with E-state index in [9.17, 15) is 19.6 Å². The summed E-state index contributed by atoms with van der Waals surface area (Å²) in [6, 6.07) is 18.2. The first-order valence-corrected chi connectivity index (χ1v) is 11.2. The van der Waals surface area contributed by atoms with Crippen LogP contribution in [0.25, 0.3) is 6.08 Å². The molecule has 9 heteroatoms. The van der Waals surface area contributed by atoms with E-state index in [1.165, 1.54) is 19.3 Å². The Morgan fingerprint density at radius 2 is 1.81 bits per heavy atom. The van der Waals surface area contributed by atoms with E-state index >= 15 is 0 Å². The number of carbonyl (C=O) groups excluding carboxylic acids is 3. The second-order valence-corrected chi connectivity index (χ2v) is 8.24. The van der Waals surface area contributed by atoms with Gasteiger partial charge in [-0.2, -0.15) is 5.26 Å². The van der Waals surface area contributed by atoms with E-state index in [0.717, 1.165) is 4.90 Å². The number of benzene rings is 3. The van der Waals surface area contributed by atoms with Gasteiger partial charge in [-0.25, -0.2) is 9.69 Å². The fourth-order valence-electron chi connectivity index (χ4n) is 3.73. The fraction of sp³-hybridized carbons (Fsp3) is 0.111. The zero-order valence-electron chi connectivity index (χ0n) is 19.4. The molecule has 36 heavy (non-hydrogen) atoms. The lowest BCUT2D eigenvalue weighted by molar-refractivity contribution is -0.122. The minimum Gasteiger partial charge on any atom is -0.493 e. The first-order chi connectivity index (χ1) is 17.3. The summed E-state index contributed by atoms with van der Waals surface area (Å²) in [5.41, 5.74) is 2.36. The van der Waals surface area contributed by atoms with E-state index in [-0.39, 0.29) is 28.7 Å². The molecule has 0 unspecified atom stereocenters. The highest BCUT2D eigenvalue weighted by atomic mass is 35.5. The van der Waals surface area contributed by atoms with Gasteiger partial charge in [0, 0.05) is 5.56 Å². The summed E-state index contributed by atoms with van der Waals surface area (Å²) in [6.45, 7) is 1.84. The summed E-state index contributed by atoms with van der Waals surface area (Å²) in [4.78, 5) is 39.1. The van der Waals surface area contributed by atoms with Gasteiger partial charge in [0.05, 0.1) is 29.5 Å². The molecular formula is C27H20ClN3O5. The van der Waals surface area contributed by atoms with Crippen LogP contribution in [-0.2, 0) is 16.2 Å². The second kappa shape index (κ2) is 10.3. The standard InChI is InChI=1S/C27H20ClN3O5/c1-16-7-3-6-10-22(16)31-26(33)20(25(32)30-27(31)34)11-17-12-21(28)24(23(13-17)35-2)36-15-19-9-5-4-8-18(19)14-29/h3-13H,15H2,1-2H3,(H,30,32,34)/b20-11+. The average Bonchev–Trinajstić information content (AvgIpc) is 2.86. The highest BCUT2D eigenvalue weighted by Crippen LogP contribution is 2.38. The molecule has 1 saturated heterocycles. The highest BCUT2D eigenvalue weighted by molar-refractivity contribution is 6.39. The quantitative estimate of drug-likeness (QED) is 0.385. The number of imide groups is 2. The molecule has 1 aliphatic heterocycles. The third kappa shape index (κ3) is 4.78. The number of nitriles is 1. The Bertz CT molecular complexity index is 1460. The van der Waals surface area contributed by atoms with E-state index in [2.05, 4.69) is 11.4 Å². The number of hydrogen-bond donors (Lipinski definition) is 1. The van der Waals surface area contributed by atoms with Crippen molar-refractivity contribution in [2.45, 2.75) is 13.5 Å². The summed E-state index contributed by atoms with van der Waals surface area (Å²) in [5.74, 6) is -1.08. The van der Waals surface area contributed by atoms with E-state index in [1.54, 1.807) is 61.5 Å². The number of carbonyl (C=O) groups is 3. The van der Waals surface area contributed by atoms with Gasteiger partial charge in [0.1, 0.15) is 12.2 Å². The monoisotopic (exact) mass is 501 g/mol. The number of nitrogens with one attached hydrogen (secondary N) is 1. The van der Waals surface area contributed by atoms with Crippen molar-refractivity contribution < 1.29 is 23.9 Å². The number of anilines is 1. The maximum atomic E-state index is 13.2. The summed E-state index contributed by atoms with van der Waals surface area (Å²) >= 11 is 6.46. The minimum atomic E-state index is -0.825. The van der Waals surface area contributed by atoms with E-state index in [4.69, 9.17) is 21.1 Å². The molecule has 0 aromatic heterocycles. The smallest absolute Gasteiger partial charge is 0.335 e. The van der Waals surface area contributed by atoms with Crippen LogP contribution >= 0.6 is 11.6 Å². The van der Waals surface area contributed by atoms with Crippen LogP contribution in [0.5, 0.6) is 11.5 Å². The molecule has 1 fully saturated rings. The number of aryl methyl sites for hydroxylation is 1. The Morgan fingerprint density at radius 3 is 2.53 bits per heavy atom. The lowest BCUT2D eigenvalue weighted by Gasteiger charge is -2.27. The van der Waals surface area contributed by atoms with Crippen LogP contribution in [0.1, 0.15) is 22.3 Å². The first-order valence-electron chi connectivity index (χ1n) is 10.8. The SMILES string of the molecule is COc1cc(/C=C2\C(=O)NC(=O)N(c3ccccc3C)C2=O)cc(Cl)c1OCc1ccccc1C#N. The largest absolute Gasteiger partial charge is 0.493 e. The molecule has 0 bridgehead atoms. The Labute approximate surface area is 212 Å². The van der Waals surface area contributed by atoms with Crippen molar-refractivity contribution in [3.05, 3.63) is 93.5 Å². The molecule has 3 aromatic carbocycles. The molecule has 8 nitrogen and oxygen atoms in total. The van der Waals surface area contributed by atoms with Crippen LogP contribution in [0.4, 0.5) is 10.5 Å². The average molecular weight is 502 g/mol. The molecule has 0 atom stereocenters. The van der Waals surface area contributed by atoms with Crippen molar-refractivity contribution in [1.82, 2.24) is 5.32 Å². The molecule has 1 N–H and O–H groups in total. The number of barbiturate groups is 1. The first kappa shape index (κ1) is 24.5. The topological polar surface area (TPSA) is 109 Å². The molecule has 4 amide bonds. The molecular weight excluding hydrogens is 482 g/mol. The maximum Gasteiger partial charge on any atom is 0.335 e. The van der Waals surface area contributed by atoms with Crippen LogP contribution in [0, 0.1) is 18.3 Å². The van der Waals surface area contributed by atoms with Gasteiger partial charge >= 0.3 is 6.03 Å². The molecule has 4 rings (SSSR count). The predicted molar refractivity (Wildman–Crippen MR) is 134 cm³/mol. The summed E-state index contributed by atoms with van der Waals surface area (Å²) in [5, 5.41) is 11.7. The number of ether oxygens (including phenoxy) is 2. The predicted octanol–water partition coefficient (Wildman–Crippen LogP) is 4.77. The highest BCUT2D eigenvalue weighted by Gasteiger charge is 2.37. The van der Waals surface area contributed by atoms with Crippen molar-refractivity contribution in [3.63, 3.8) is 0 Å². The zero-order valence-corrected chi connectivity index (χ0v) is 20.1. The molecule has 0 aliphatic carbocycles. The Morgan fingerprint density at radius 1 is 1.08 bits per heavy atom. The summed E-state index contributed by atoms with van der Waals surface area (Å²) < 4.78 is 11.3. The van der Waals surface area contributed by atoms with Gasteiger partial charge in [-0.05, 0) is 48.4 Å². The van der Waals surface area contributed by atoms with Gasteiger partial charge in [-0.15, -0.1) is 0 Å². The second-order valence-electron chi connectivity index (χ2n) is 7.84. The molecule has 1 aliphatic rings. The number of halogens is 1. The molecule has 1 heterocycles. The Kier molecular flexibility index (Phi) is 7.04. The number of para-hydroxylation sites is 1. The molecule has 180 valence electrons. The number of nitrogens with zero attached hydrogens (tertiary/aromatic N) is 2. The number of urea groups is 1. The molecule has 0 spiro atoms. The normalized spacial score (nSPS) is 14.4. The molecule has 0 radical (unpaired) electrons. The van der Waals surface area contributed by atoms with Gasteiger partial charge in [0.2, 0.25) is 0 Å². The van der Waals surface area contributed by atoms with E-state index in [1.807, 2.05) is 0 Å². The number of amides is 4. The molecule has 0 saturated carbocycles. The number of rotatable bonds is 6. The third-order valence-corrected chi connectivity index (χ3v) is 5.81. The summed E-state index contributed by atoms with van der Waals surface area (Å²) in [7, 11) is 1.43. The van der Waals surface area contributed by atoms with Gasteiger partial charge in [0.15, 0.2) is 11.5 Å².